The van der Waals surface area contributed by atoms with E-state index in [9.17, 15) is 0 Å². The van der Waals surface area contributed by atoms with Crippen LogP contribution in [0.15, 0.2) is 60.7 Å². The Bertz CT molecular complexity index is 600. The highest BCUT2D eigenvalue weighted by Crippen LogP contribution is 2.37. The van der Waals surface area contributed by atoms with Crippen LogP contribution in [0.4, 0.5) is 0 Å². The largest absolute Gasteiger partial charge is 0.0993 e. The Labute approximate surface area is 116 Å². The van der Waals surface area contributed by atoms with Crippen molar-refractivity contribution in [3.05, 3.63) is 77.3 Å². The molecule has 1 aliphatic rings. The van der Waals surface area contributed by atoms with Gasteiger partial charge in [-0.3, -0.25) is 0 Å². The van der Waals surface area contributed by atoms with Crippen molar-refractivity contribution in [1.82, 2.24) is 0 Å². The van der Waals surface area contributed by atoms with E-state index in [0.29, 0.717) is 0 Å². The van der Waals surface area contributed by atoms with Crippen LogP contribution in [0.2, 0.25) is 12.6 Å². The molecule has 0 bridgehead atoms. The van der Waals surface area contributed by atoms with Crippen LogP contribution < -0.4 is 5.19 Å². The van der Waals surface area contributed by atoms with Crippen LogP contribution in [0, 0.1) is 5.54 Å². The van der Waals surface area contributed by atoms with Gasteiger partial charge in [0.2, 0.25) is 0 Å². The van der Waals surface area contributed by atoms with Crippen molar-refractivity contribution in [3.63, 3.8) is 0 Å². The molecule has 0 fully saturated rings. The minimum absolute atomic E-state index is 1.24. The van der Waals surface area contributed by atoms with E-state index in [1.165, 1.54) is 22.4 Å². The van der Waals surface area contributed by atoms with E-state index < -0.39 is 8.07 Å². The molecule has 0 N–H and O–H groups in total. The summed E-state index contributed by atoms with van der Waals surface area (Å²) in [5.41, 5.74) is 4.40. The van der Waals surface area contributed by atoms with Gasteiger partial charge >= 0.3 is 0 Å². The SMILES string of the molecule is CC[Si](C)([C]1C=Cc2ccccc21)c1ccccc1. The van der Waals surface area contributed by atoms with Crippen LogP contribution in [0.25, 0.3) is 6.08 Å². The number of hydrogen-bond acceptors (Lipinski definition) is 0. The van der Waals surface area contributed by atoms with Crippen molar-refractivity contribution in [3.8, 4) is 0 Å². The Morgan fingerprint density at radius 2 is 1.53 bits per heavy atom. The smallest absolute Gasteiger partial charge is 0.0748 e. The fourth-order valence-electron chi connectivity index (χ4n) is 2.99. The second-order valence-corrected chi connectivity index (χ2v) is 9.87. The van der Waals surface area contributed by atoms with Crippen LogP contribution in [0.5, 0.6) is 0 Å². The molecule has 1 atom stereocenters. The summed E-state index contributed by atoms with van der Waals surface area (Å²) in [6.45, 7) is 4.82. The highest BCUT2D eigenvalue weighted by atomic mass is 28.3. The Hall–Kier alpha value is -1.60. The number of hydrogen-bond donors (Lipinski definition) is 0. The van der Waals surface area contributed by atoms with Crippen molar-refractivity contribution in [2.45, 2.75) is 19.5 Å². The molecule has 19 heavy (non-hydrogen) atoms. The van der Waals surface area contributed by atoms with Crippen LogP contribution >= 0.6 is 0 Å². The quantitative estimate of drug-likeness (QED) is 0.729. The molecule has 1 heteroatoms. The van der Waals surface area contributed by atoms with E-state index in [1.54, 1.807) is 5.54 Å². The van der Waals surface area contributed by atoms with E-state index in [2.05, 4.69) is 80.2 Å². The predicted molar refractivity (Wildman–Crippen MR) is 86.0 cm³/mol. The summed E-state index contributed by atoms with van der Waals surface area (Å²) in [5, 5.41) is 1.54. The lowest BCUT2D eigenvalue weighted by Crippen LogP contribution is -2.49. The van der Waals surface area contributed by atoms with Crippen molar-refractivity contribution in [1.29, 1.82) is 0 Å². The number of rotatable bonds is 3. The zero-order valence-corrected chi connectivity index (χ0v) is 12.6. The van der Waals surface area contributed by atoms with Gasteiger partial charge in [-0.05, 0) is 11.1 Å². The maximum Gasteiger partial charge on any atom is 0.0993 e. The molecule has 95 valence electrons. The first-order valence-corrected chi connectivity index (χ1v) is 9.67. The lowest BCUT2D eigenvalue weighted by molar-refractivity contribution is 1.31. The first kappa shape index (κ1) is 12.4. The zero-order chi connectivity index (χ0) is 13.3. The summed E-state index contributed by atoms with van der Waals surface area (Å²) in [7, 11) is -1.59. The van der Waals surface area contributed by atoms with Gasteiger partial charge in [0.15, 0.2) is 0 Å². The molecule has 0 spiro atoms. The summed E-state index contributed by atoms with van der Waals surface area (Å²) in [6.07, 6.45) is 4.63. The molecule has 0 aliphatic heterocycles. The van der Waals surface area contributed by atoms with E-state index in [1.807, 2.05) is 0 Å². The fourth-order valence-corrected chi connectivity index (χ4v) is 6.29. The molecule has 2 aromatic rings. The van der Waals surface area contributed by atoms with Crippen LogP contribution in [0.1, 0.15) is 18.1 Å². The molecular formula is C18H19Si. The normalized spacial score (nSPS) is 17.2. The summed E-state index contributed by atoms with van der Waals surface area (Å²) < 4.78 is 0. The summed E-state index contributed by atoms with van der Waals surface area (Å²) in [6, 6.07) is 21.1. The maximum atomic E-state index is 2.49. The summed E-state index contributed by atoms with van der Waals surface area (Å²) in [4.78, 5) is 0. The monoisotopic (exact) mass is 263 g/mol. The minimum atomic E-state index is -1.59. The molecule has 0 heterocycles. The van der Waals surface area contributed by atoms with Gasteiger partial charge < -0.3 is 0 Å². The van der Waals surface area contributed by atoms with Gasteiger partial charge in [0.1, 0.15) is 0 Å². The zero-order valence-electron chi connectivity index (χ0n) is 11.6. The fraction of sp³-hybridized carbons (Fsp3) is 0.167. The molecule has 1 radical (unpaired) electrons. The van der Waals surface area contributed by atoms with E-state index >= 15 is 0 Å². The van der Waals surface area contributed by atoms with Crippen molar-refractivity contribution < 1.29 is 0 Å². The number of allylic oxidation sites excluding steroid dienone is 1. The van der Waals surface area contributed by atoms with Crippen LogP contribution in [-0.4, -0.2) is 8.07 Å². The molecule has 2 aromatic carbocycles. The topological polar surface area (TPSA) is 0 Å². The molecule has 1 unspecified atom stereocenters. The number of benzene rings is 2. The predicted octanol–water partition coefficient (Wildman–Crippen LogP) is 4.18. The Kier molecular flexibility index (Phi) is 3.15. The third-order valence-electron chi connectivity index (χ3n) is 4.39. The minimum Gasteiger partial charge on any atom is -0.0748 e. The van der Waals surface area contributed by atoms with Gasteiger partial charge in [0.05, 0.1) is 8.07 Å². The summed E-state index contributed by atoms with van der Waals surface area (Å²) >= 11 is 0. The van der Waals surface area contributed by atoms with Gasteiger partial charge in [0.25, 0.3) is 0 Å². The van der Waals surface area contributed by atoms with Crippen LogP contribution in [0.3, 0.4) is 0 Å². The van der Waals surface area contributed by atoms with Crippen molar-refractivity contribution >= 4 is 19.3 Å². The molecular weight excluding hydrogens is 244 g/mol. The highest BCUT2D eigenvalue weighted by Gasteiger charge is 2.39. The first-order valence-electron chi connectivity index (χ1n) is 6.96. The average Bonchev–Trinajstić information content (AvgIpc) is 2.92. The Morgan fingerprint density at radius 1 is 0.842 bits per heavy atom. The van der Waals surface area contributed by atoms with Gasteiger partial charge in [0, 0.05) is 5.54 Å². The first-order chi connectivity index (χ1) is 9.25. The van der Waals surface area contributed by atoms with Gasteiger partial charge in [-0.1, -0.05) is 91.5 Å². The molecule has 0 saturated carbocycles. The molecule has 0 aromatic heterocycles. The van der Waals surface area contributed by atoms with Crippen molar-refractivity contribution in [2.75, 3.05) is 0 Å². The molecule has 3 rings (SSSR count). The standard InChI is InChI=1S/C18H19Si/c1-3-19(2,16-10-5-4-6-11-16)18-14-13-15-9-7-8-12-17(15)18/h4-14H,3H2,1-2H3. The van der Waals surface area contributed by atoms with Crippen LogP contribution in [-0.2, 0) is 0 Å². The third kappa shape index (κ3) is 1.98. The number of fused-ring (bicyclic) bond motifs is 1. The second kappa shape index (κ2) is 4.82. The second-order valence-electron chi connectivity index (χ2n) is 5.39. The molecule has 0 saturated heterocycles. The van der Waals surface area contributed by atoms with E-state index in [-0.39, 0.29) is 0 Å². The molecule has 0 amide bonds. The van der Waals surface area contributed by atoms with E-state index in [0.717, 1.165) is 0 Å². The van der Waals surface area contributed by atoms with E-state index in [4.69, 9.17) is 0 Å². The van der Waals surface area contributed by atoms with Gasteiger partial charge in [-0.25, -0.2) is 0 Å². The van der Waals surface area contributed by atoms with Gasteiger partial charge in [-0.15, -0.1) is 0 Å². The lowest BCUT2D eigenvalue weighted by Gasteiger charge is -2.32. The van der Waals surface area contributed by atoms with Crippen molar-refractivity contribution in [2.24, 2.45) is 0 Å². The average molecular weight is 263 g/mol. The Balaban J connectivity index is 2.08. The third-order valence-corrected chi connectivity index (χ3v) is 9.04. The molecule has 0 nitrogen and oxygen atoms in total. The highest BCUT2D eigenvalue weighted by molar-refractivity contribution is 6.96. The maximum absolute atomic E-state index is 2.49. The van der Waals surface area contributed by atoms with Gasteiger partial charge in [-0.2, -0.15) is 0 Å². The Morgan fingerprint density at radius 3 is 2.26 bits per heavy atom. The lowest BCUT2D eigenvalue weighted by atomic mass is 10.1. The molecule has 1 aliphatic carbocycles. The summed E-state index contributed by atoms with van der Waals surface area (Å²) in [5.74, 6) is 0.